The molecule has 2 heteroatoms. The SMILES string of the molecule is C/C(=C\CC/C=C(\C)CC(=O)c1cccc(C)c1)CC(=O)c1cccc(C)c1. The second-order valence-electron chi connectivity index (χ2n) is 7.62. The fourth-order valence-electron chi connectivity index (χ4n) is 3.15. The zero-order valence-corrected chi connectivity index (χ0v) is 17.4. The summed E-state index contributed by atoms with van der Waals surface area (Å²) in [5, 5.41) is 0. The molecule has 0 N–H and O–H groups in total. The van der Waals surface area contributed by atoms with E-state index in [4.69, 9.17) is 0 Å². The summed E-state index contributed by atoms with van der Waals surface area (Å²) in [6.45, 7) is 8.01. The molecule has 0 aliphatic carbocycles. The maximum absolute atomic E-state index is 12.3. The number of carbonyl (C=O) groups is 2. The van der Waals surface area contributed by atoms with Crippen LogP contribution in [0.4, 0.5) is 0 Å². The Morgan fingerprint density at radius 2 is 1.11 bits per heavy atom. The Kier molecular flexibility index (Phi) is 8.13. The average molecular weight is 375 g/mol. The number of Topliss-reactive ketones (excluding diaryl/α,β-unsaturated/α-hetero) is 2. The van der Waals surface area contributed by atoms with Gasteiger partial charge in [0.05, 0.1) is 0 Å². The van der Waals surface area contributed by atoms with Crippen LogP contribution in [0.3, 0.4) is 0 Å². The molecule has 0 saturated heterocycles. The molecule has 0 radical (unpaired) electrons. The summed E-state index contributed by atoms with van der Waals surface area (Å²) in [6.07, 6.45) is 6.92. The predicted octanol–water partition coefficient (Wildman–Crippen LogP) is 6.82. The van der Waals surface area contributed by atoms with Gasteiger partial charge in [-0.15, -0.1) is 0 Å². The van der Waals surface area contributed by atoms with Crippen molar-refractivity contribution in [2.45, 2.75) is 53.4 Å². The van der Waals surface area contributed by atoms with Crippen LogP contribution in [0.5, 0.6) is 0 Å². The summed E-state index contributed by atoms with van der Waals surface area (Å²) in [7, 11) is 0. The molecule has 2 aromatic carbocycles. The second kappa shape index (κ2) is 10.6. The molecule has 2 aromatic rings. The minimum absolute atomic E-state index is 0.160. The molecule has 0 fully saturated rings. The molecular formula is C26H30O2. The fourth-order valence-corrected chi connectivity index (χ4v) is 3.15. The van der Waals surface area contributed by atoms with Gasteiger partial charge in [0, 0.05) is 24.0 Å². The van der Waals surface area contributed by atoms with Gasteiger partial charge in [0.15, 0.2) is 11.6 Å². The molecule has 0 aliphatic heterocycles. The van der Waals surface area contributed by atoms with Crippen molar-refractivity contribution in [1.29, 1.82) is 0 Å². The van der Waals surface area contributed by atoms with E-state index in [0.717, 1.165) is 46.2 Å². The molecule has 2 nitrogen and oxygen atoms in total. The lowest BCUT2D eigenvalue weighted by Gasteiger charge is -2.04. The molecule has 2 rings (SSSR count). The highest BCUT2D eigenvalue weighted by Gasteiger charge is 2.07. The summed E-state index contributed by atoms with van der Waals surface area (Å²) in [5.74, 6) is 0.320. The Balaban J connectivity index is 1.81. The highest BCUT2D eigenvalue weighted by molar-refractivity contribution is 5.98. The third-order valence-corrected chi connectivity index (χ3v) is 4.71. The van der Waals surface area contributed by atoms with Gasteiger partial charge in [-0.3, -0.25) is 9.59 Å². The number of hydrogen-bond donors (Lipinski definition) is 0. The normalized spacial score (nSPS) is 12.1. The molecule has 0 bridgehead atoms. The molecule has 0 aliphatic rings. The summed E-state index contributed by atoms with van der Waals surface area (Å²) in [4.78, 5) is 24.7. The van der Waals surface area contributed by atoms with Crippen LogP contribution >= 0.6 is 0 Å². The standard InChI is InChI=1S/C26H30O2/c1-19-11-7-13-23(15-19)25(27)17-21(3)9-5-6-10-22(4)18-26(28)24-14-8-12-20(2)16-24/h7-16H,5-6,17-18H2,1-4H3/b21-9+,22-10+. The van der Waals surface area contributed by atoms with E-state index in [1.807, 2.05) is 76.2 Å². The maximum Gasteiger partial charge on any atom is 0.166 e. The van der Waals surface area contributed by atoms with Gasteiger partial charge in [0.1, 0.15) is 0 Å². The maximum atomic E-state index is 12.3. The van der Waals surface area contributed by atoms with Gasteiger partial charge < -0.3 is 0 Å². The molecule has 0 aromatic heterocycles. The Labute approximate surface area is 169 Å². The van der Waals surface area contributed by atoms with Crippen molar-refractivity contribution in [3.05, 3.63) is 94.1 Å². The summed E-state index contributed by atoms with van der Waals surface area (Å²) in [6, 6.07) is 15.5. The van der Waals surface area contributed by atoms with Crippen molar-refractivity contribution in [3.63, 3.8) is 0 Å². The van der Waals surface area contributed by atoms with E-state index in [-0.39, 0.29) is 11.6 Å². The van der Waals surface area contributed by atoms with E-state index in [9.17, 15) is 9.59 Å². The molecule has 0 spiro atoms. The first-order valence-corrected chi connectivity index (χ1v) is 9.86. The molecule has 146 valence electrons. The van der Waals surface area contributed by atoms with Crippen molar-refractivity contribution in [2.75, 3.05) is 0 Å². The van der Waals surface area contributed by atoms with Crippen LogP contribution < -0.4 is 0 Å². The number of unbranched alkanes of at least 4 members (excludes halogenated alkanes) is 1. The number of hydrogen-bond acceptors (Lipinski definition) is 2. The van der Waals surface area contributed by atoms with Crippen LogP contribution in [0.25, 0.3) is 0 Å². The van der Waals surface area contributed by atoms with Gasteiger partial charge in [-0.25, -0.2) is 0 Å². The Morgan fingerprint density at radius 3 is 1.46 bits per heavy atom. The number of aryl methyl sites for hydroxylation is 2. The monoisotopic (exact) mass is 374 g/mol. The van der Waals surface area contributed by atoms with Crippen LogP contribution in [0.15, 0.2) is 71.8 Å². The van der Waals surface area contributed by atoms with E-state index >= 15 is 0 Å². The Hall–Kier alpha value is -2.74. The average Bonchev–Trinajstić information content (AvgIpc) is 2.65. The van der Waals surface area contributed by atoms with Crippen molar-refractivity contribution >= 4 is 11.6 Å². The number of ketones is 2. The van der Waals surface area contributed by atoms with Crippen LogP contribution in [0.2, 0.25) is 0 Å². The van der Waals surface area contributed by atoms with Crippen molar-refractivity contribution in [3.8, 4) is 0 Å². The minimum Gasteiger partial charge on any atom is -0.294 e. The molecule has 0 heterocycles. The zero-order chi connectivity index (χ0) is 20.5. The quantitative estimate of drug-likeness (QED) is 0.274. The second-order valence-corrected chi connectivity index (χ2v) is 7.62. The molecular weight excluding hydrogens is 344 g/mol. The third-order valence-electron chi connectivity index (χ3n) is 4.71. The van der Waals surface area contributed by atoms with E-state index < -0.39 is 0 Å². The van der Waals surface area contributed by atoms with Gasteiger partial charge in [0.2, 0.25) is 0 Å². The third kappa shape index (κ3) is 7.11. The predicted molar refractivity (Wildman–Crippen MR) is 117 cm³/mol. The van der Waals surface area contributed by atoms with Gasteiger partial charge in [0.25, 0.3) is 0 Å². The molecule has 0 atom stereocenters. The van der Waals surface area contributed by atoms with E-state index in [1.54, 1.807) is 0 Å². The van der Waals surface area contributed by atoms with Crippen molar-refractivity contribution in [2.24, 2.45) is 0 Å². The van der Waals surface area contributed by atoms with Crippen molar-refractivity contribution < 1.29 is 9.59 Å². The summed E-state index contributed by atoms with van der Waals surface area (Å²) in [5.41, 5.74) is 5.94. The number of rotatable bonds is 9. The van der Waals surface area contributed by atoms with Crippen molar-refractivity contribution in [1.82, 2.24) is 0 Å². The lowest BCUT2D eigenvalue weighted by molar-refractivity contribution is 0.0984. The Morgan fingerprint density at radius 1 is 0.714 bits per heavy atom. The van der Waals surface area contributed by atoms with Gasteiger partial charge in [-0.05, 0) is 52.7 Å². The number of carbonyl (C=O) groups excluding carboxylic acids is 2. The summed E-state index contributed by atoms with van der Waals surface area (Å²) >= 11 is 0. The number of benzene rings is 2. The van der Waals surface area contributed by atoms with Crippen LogP contribution in [0, 0.1) is 13.8 Å². The largest absolute Gasteiger partial charge is 0.294 e. The first-order chi connectivity index (χ1) is 13.3. The first-order valence-electron chi connectivity index (χ1n) is 9.86. The minimum atomic E-state index is 0.160. The highest BCUT2D eigenvalue weighted by atomic mass is 16.1. The van der Waals surface area contributed by atoms with E-state index in [2.05, 4.69) is 12.2 Å². The molecule has 28 heavy (non-hydrogen) atoms. The Bertz CT molecular complexity index is 825. The van der Waals surface area contributed by atoms with Gasteiger partial charge in [-0.2, -0.15) is 0 Å². The van der Waals surface area contributed by atoms with E-state index in [1.165, 1.54) is 0 Å². The fraction of sp³-hybridized carbons (Fsp3) is 0.308. The van der Waals surface area contributed by atoms with Gasteiger partial charge >= 0.3 is 0 Å². The van der Waals surface area contributed by atoms with Crippen LogP contribution in [-0.2, 0) is 0 Å². The lowest BCUT2D eigenvalue weighted by atomic mass is 10.0. The van der Waals surface area contributed by atoms with Gasteiger partial charge in [-0.1, -0.05) is 70.8 Å². The van der Waals surface area contributed by atoms with Crippen LogP contribution in [0.1, 0.15) is 71.4 Å². The summed E-state index contributed by atoms with van der Waals surface area (Å²) < 4.78 is 0. The highest BCUT2D eigenvalue weighted by Crippen LogP contribution is 2.14. The lowest BCUT2D eigenvalue weighted by Crippen LogP contribution is -2.00. The smallest absolute Gasteiger partial charge is 0.166 e. The van der Waals surface area contributed by atoms with E-state index in [0.29, 0.717) is 12.8 Å². The number of allylic oxidation sites excluding steroid dienone is 4. The zero-order valence-electron chi connectivity index (χ0n) is 17.4. The molecule has 0 unspecified atom stereocenters. The first kappa shape index (κ1) is 21.6. The molecule has 0 saturated carbocycles. The van der Waals surface area contributed by atoms with Crippen LogP contribution in [-0.4, -0.2) is 11.6 Å². The topological polar surface area (TPSA) is 34.1 Å². The molecule has 0 amide bonds.